The molecule has 3 heterocycles. The molecule has 1 saturated heterocycles. The minimum atomic E-state index is -0.518. The van der Waals surface area contributed by atoms with Crippen molar-refractivity contribution in [3.05, 3.63) is 54.2 Å². The fraction of sp³-hybridized carbons (Fsp3) is 0.263. The van der Waals surface area contributed by atoms with Crippen LogP contribution in [0.2, 0.25) is 0 Å². The number of H-pyrrole nitrogens is 1. The third kappa shape index (κ3) is 3.25. The van der Waals surface area contributed by atoms with Crippen molar-refractivity contribution < 1.29 is 9.18 Å². The van der Waals surface area contributed by atoms with Gasteiger partial charge in [-0.25, -0.2) is 4.98 Å². The Hall–Kier alpha value is -2.73. The molecular weight excluding hydrogens is 319 g/mol. The lowest BCUT2D eigenvalue weighted by Gasteiger charge is -2.23. The van der Waals surface area contributed by atoms with E-state index < -0.39 is 5.95 Å². The number of carbonyl (C=O) groups is 1. The zero-order chi connectivity index (χ0) is 17.2. The number of amides is 1. The Bertz CT molecular complexity index is 915. The predicted molar refractivity (Wildman–Crippen MR) is 94.8 cm³/mol. The normalized spacial score (nSPS) is 15.4. The van der Waals surface area contributed by atoms with Crippen LogP contribution in [-0.2, 0) is 0 Å². The molecule has 3 aromatic rings. The number of carbonyl (C=O) groups excluding carboxylic acids is 1. The van der Waals surface area contributed by atoms with Crippen molar-refractivity contribution in [2.45, 2.75) is 18.9 Å². The third-order valence-electron chi connectivity index (χ3n) is 4.66. The first-order valence-electron chi connectivity index (χ1n) is 8.45. The highest BCUT2D eigenvalue weighted by atomic mass is 19.1. The summed E-state index contributed by atoms with van der Waals surface area (Å²) in [5.74, 6) is -0.591. The molecule has 6 heteroatoms. The number of piperidine rings is 1. The summed E-state index contributed by atoms with van der Waals surface area (Å²) in [5.41, 5.74) is 3.09. The number of hydrogen-bond acceptors (Lipinski definition) is 3. The molecule has 0 saturated carbocycles. The second-order valence-electron chi connectivity index (χ2n) is 6.33. The molecule has 25 heavy (non-hydrogen) atoms. The molecule has 5 nitrogen and oxygen atoms in total. The Morgan fingerprint density at radius 3 is 2.76 bits per heavy atom. The van der Waals surface area contributed by atoms with Gasteiger partial charge in [-0.15, -0.1) is 0 Å². The van der Waals surface area contributed by atoms with E-state index in [1.807, 2.05) is 18.2 Å². The number of aromatic amines is 1. The molecular formula is C19H19FN4O. The van der Waals surface area contributed by atoms with Crippen molar-refractivity contribution in [2.24, 2.45) is 0 Å². The number of pyridine rings is 1. The molecule has 1 amide bonds. The average molecular weight is 338 g/mol. The lowest BCUT2D eigenvalue weighted by Crippen LogP contribution is -2.42. The Kier molecular flexibility index (Phi) is 4.19. The Balaban J connectivity index is 1.65. The summed E-state index contributed by atoms with van der Waals surface area (Å²) in [6.45, 7) is 1.85. The molecule has 2 aromatic heterocycles. The van der Waals surface area contributed by atoms with Gasteiger partial charge in [0.15, 0.2) is 0 Å². The molecule has 0 aliphatic carbocycles. The van der Waals surface area contributed by atoms with E-state index in [0.29, 0.717) is 5.56 Å². The molecule has 0 unspecified atom stereocenters. The lowest BCUT2D eigenvalue weighted by molar-refractivity contribution is 0.0931. The van der Waals surface area contributed by atoms with Crippen LogP contribution in [0.25, 0.3) is 22.0 Å². The molecule has 3 N–H and O–H groups in total. The lowest BCUT2D eigenvalue weighted by atomic mass is 10.0. The van der Waals surface area contributed by atoms with Gasteiger partial charge in [-0.1, -0.05) is 6.07 Å². The van der Waals surface area contributed by atoms with Gasteiger partial charge in [-0.3, -0.25) is 4.79 Å². The summed E-state index contributed by atoms with van der Waals surface area (Å²) >= 11 is 0. The van der Waals surface area contributed by atoms with Crippen LogP contribution in [0.5, 0.6) is 0 Å². The highest BCUT2D eigenvalue weighted by molar-refractivity contribution is 6.07. The van der Waals surface area contributed by atoms with Crippen molar-refractivity contribution in [1.29, 1.82) is 0 Å². The fourth-order valence-electron chi connectivity index (χ4n) is 3.30. The molecule has 0 radical (unpaired) electrons. The van der Waals surface area contributed by atoms with Gasteiger partial charge < -0.3 is 15.6 Å². The van der Waals surface area contributed by atoms with Gasteiger partial charge in [0.25, 0.3) is 5.91 Å². The zero-order valence-corrected chi connectivity index (χ0v) is 13.7. The molecule has 1 fully saturated rings. The van der Waals surface area contributed by atoms with E-state index in [0.717, 1.165) is 48.0 Å². The summed E-state index contributed by atoms with van der Waals surface area (Å²) in [4.78, 5) is 19.4. The maximum absolute atomic E-state index is 13.4. The summed E-state index contributed by atoms with van der Waals surface area (Å²) < 4.78 is 13.4. The predicted octanol–water partition coefficient (Wildman–Crippen LogP) is 2.85. The van der Waals surface area contributed by atoms with E-state index in [9.17, 15) is 9.18 Å². The summed E-state index contributed by atoms with van der Waals surface area (Å²) in [6.07, 6.45) is 5.06. The fourth-order valence-corrected chi connectivity index (χ4v) is 3.30. The first-order valence-corrected chi connectivity index (χ1v) is 8.45. The number of nitrogens with one attached hydrogen (secondary N) is 3. The van der Waals surface area contributed by atoms with Gasteiger partial charge in [0.1, 0.15) is 0 Å². The van der Waals surface area contributed by atoms with E-state index in [4.69, 9.17) is 0 Å². The van der Waals surface area contributed by atoms with Crippen molar-refractivity contribution in [3.8, 4) is 11.1 Å². The number of hydrogen-bond donors (Lipinski definition) is 3. The number of aromatic nitrogens is 2. The van der Waals surface area contributed by atoms with E-state index >= 15 is 0 Å². The smallest absolute Gasteiger partial charge is 0.253 e. The molecule has 1 aromatic carbocycles. The Morgan fingerprint density at radius 2 is 1.96 bits per heavy atom. The molecule has 0 atom stereocenters. The van der Waals surface area contributed by atoms with Crippen LogP contribution in [-0.4, -0.2) is 35.0 Å². The zero-order valence-electron chi connectivity index (χ0n) is 13.7. The molecule has 1 aliphatic rings. The van der Waals surface area contributed by atoms with E-state index in [-0.39, 0.29) is 11.9 Å². The number of nitrogens with zero attached hydrogens (tertiary/aromatic N) is 1. The minimum absolute atomic E-state index is 0.0730. The summed E-state index contributed by atoms with van der Waals surface area (Å²) in [7, 11) is 0. The summed E-state index contributed by atoms with van der Waals surface area (Å²) in [6, 6.07) is 9.08. The first-order chi connectivity index (χ1) is 12.2. The minimum Gasteiger partial charge on any atom is -0.360 e. The maximum atomic E-state index is 13.4. The molecule has 0 bridgehead atoms. The van der Waals surface area contributed by atoms with Crippen LogP contribution in [0, 0.1) is 5.95 Å². The number of rotatable bonds is 3. The van der Waals surface area contributed by atoms with Crippen LogP contribution in [0.1, 0.15) is 23.2 Å². The van der Waals surface area contributed by atoms with E-state index in [1.54, 1.807) is 12.3 Å². The van der Waals surface area contributed by atoms with Gasteiger partial charge in [0.2, 0.25) is 5.95 Å². The van der Waals surface area contributed by atoms with E-state index in [1.165, 1.54) is 12.3 Å². The Morgan fingerprint density at radius 1 is 1.16 bits per heavy atom. The van der Waals surface area contributed by atoms with Gasteiger partial charge >= 0.3 is 0 Å². The number of halogens is 1. The maximum Gasteiger partial charge on any atom is 0.253 e. The molecule has 0 spiro atoms. The van der Waals surface area contributed by atoms with E-state index in [2.05, 4.69) is 20.6 Å². The number of fused-ring (bicyclic) bond motifs is 1. The van der Waals surface area contributed by atoms with Crippen LogP contribution in [0.3, 0.4) is 0 Å². The highest BCUT2D eigenvalue weighted by Gasteiger charge is 2.19. The summed E-state index contributed by atoms with van der Waals surface area (Å²) in [5, 5.41) is 7.24. The van der Waals surface area contributed by atoms with Crippen molar-refractivity contribution in [2.75, 3.05) is 13.1 Å². The standard InChI is InChI=1S/C19H19FN4O/c20-18-10-13(3-8-22-18)12-1-2-17-15(9-12)16(11-23-17)19(25)24-14-4-6-21-7-5-14/h1-3,8-11,14,21,23H,4-7H2,(H,24,25). The van der Waals surface area contributed by atoms with Gasteiger partial charge in [0, 0.05) is 35.4 Å². The van der Waals surface area contributed by atoms with Crippen LogP contribution >= 0.6 is 0 Å². The second kappa shape index (κ2) is 6.64. The van der Waals surface area contributed by atoms with Crippen molar-refractivity contribution in [1.82, 2.24) is 20.6 Å². The van der Waals surface area contributed by atoms with Crippen molar-refractivity contribution >= 4 is 16.8 Å². The van der Waals surface area contributed by atoms with Crippen LogP contribution in [0.4, 0.5) is 4.39 Å². The Labute approximate surface area is 144 Å². The topological polar surface area (TPSA) is 69.8 Å². The molecule has 128 valence electrons. The average Bonchev–Trinajstić information content (AvgIpc) is 3.06. The van der Waals surface area contributed by atoms with Gasteiger partial charge in [-0.05, 0) is 55.3 Å². The van der Waals surface area contributed by atoms with Crippen LogP contribution in [0.15, 0.2) is 42.7 Å². The third-order valence-corrected chi connectivity index (χ3v) is 4.66. The molecule has 1 aliphatic heterocycles. The highest BCUT2D eigenvalue weighted by Crippen LogP contribution is 2.26. The van der Waals surface area contributed by atoms with Crippen LogP contribution < -0.4 is 10.6 Å². The van der Waals surface area contributed by atoms with Gasteiger partial charge in [-0.2, -0.15) is 4.39 Å². The second-order valence-corrected chi connectivity index (χ2v) is 6.33. The quantitative estimate of drug-likeness (QED) is 0.643. The SMILES string of the molecule is O=C(NC1CCNCC1)c1c[nH]c2ccc(-c3ccnc(F)c3)cc12. The molecule has 4 rings (SSSR count). The number of benzene rings is 1. The first kappa shape index (κ1) is 15.8. The monoisotopic (exact) mass is 338 g/mol. The van der Waals surface area contributed by atoms with Gasteiger partial charge in [0.05, 0.1) is 5.56 Å². The largest absolute Gasteiger partial charge is 0.360 e. The van der Waals surface area contributed by atoms with Crippen molar-refractivity contribution in [3.63, 3.8) is 0 Å².